The summed E-state index contributed by atoms with van der Waals surface area (Å²) >= 11 is 0. The lowest BCUT2D eigenvalue weighted by Crippen LogP contribution is -2.44. The van der Waals surface area contributed by atoms with Gasteiger partial charge in [-0.25, -0.2) is 17.9 Å². The molecule has 11 nitrogen and oxygen atoms in total. The second kappa shape index (κ2) is 10.2. The Balaban J connectivity index is 1.38. The fourth-order valence-electron chi connectivity index (χ4n) is 4.00. The third kappa shape index (κ3) is 5.40. The van der Waals surface area contributed by atoms with Gasteiger partial charge in [0.25, 0.3) is 0 Å². The summed E-state index contributed by atoms with van der Waals surface area (Å²) in [6.07, 6.45) is -2.73. The molecule has 2 fully saturated rings. The molecule has 2 aromatic carbocycles. The van der Waals surface area contributed by atoms with Gasteiger partial charge in [0.05, 0.1) is 33.5 Å². The summed E-state index contributed by atoms with van der Waals surface area (Å²) in [6, 6.07) is 10.1. The molecule has 2 aromatic rings. The molecule has 0 unspecified atom stereocenters. The van der Waals surface area contributed by atoms with E-state index in [1.165, 1.54) is 33.3 Å². The standard InChI is InChI=1S/C23H26N2O9S/c1-13(26)14-4-6-15(7-5-14)24-23(27)34-19-12-33-21-17(11-32-22(19)21)25-35(28,29)20-10-16(30-2)8-9-18(20)31-3/h4-10,17,19,21-22,25H,11-12H2,1-3H3,(H,24,27)/t17-,19+,21+,22+/m0/s1. The Morgan fingerprint density at radius 3 is 2.34 bits per heavy atom. The number of rotatable bonds is 8. The van der Waals surface area contributed by atoms with Gasteiger partial charge in [-0.1, -0.05) is 0 Å². The molecule has 1 amide bonds. The number of ketones is 1. The van der Waals surface area contributed by atoms with E-state index in [2.05, 4.69) is 10.0 Å². The number of methoxy groups -OCH3 is 2. The smallest absolute Gasteiger partial charge is 0.412 e. The fraction of sp³-hybridized carbons (Fsp3) is 0.391. The lowest BCUT2D eigenvalue weighted by Gasteiger charge is -2.19. The molecule has 0 spiro atoms. The number of hydrogen-bond donors (Lipinski definition) is 2. The molecule has 2 aliphatic rings. The van der Waals surface area contributed by atoms with Gasteiger partial charge in [-0.05, 0) is 43.3 Å². The Morgan fingerprint density at radius 2 is 1.69 bits per heavy atom. The maximum absolute atomic E-state index is 13.1. The van der Waals surface area contributed by atoms with Gasteiger partial charge in [-0.3, -0.25) is 10.1 Å². The van der Waals surface area contributed by atoms with Gasteiger partial charge in [0.1, 0.15) is 28.6 Å². The second-order valence-corrected chi connectivity index (χ2v) is 9.73. The number of carbonyl (C=O) groups excluding carboxylic acids is 2. The number of benzene rings is 2. The van der Waals surface area contributed by atoms with Gasteiger partial charge in [-0.15, -0.1) is 0 Å². The van der Waals surface area contributed by atoms with Crippen molar-refractivity contribution in [1.82, 2.24) is 4.72 Å². The van der Waals surface area contributed by atoms with Gasteiger partial charge < -0.3 is 23.7 Å². The van der Waals surface area contributed by atoms with Crippen molar-refractivity contribution < 1.29 is 41.7 Å². The van der Waals surface area contributed by atoms with Crippen molar-refractivity contribution in [3.05, 3.63) is 48.0 Å². The van der Waals surface area contributed by atoms with Crippen molar-refractivity contribution in [1.29, 1.82) is 0 Å². The highest BCUT2D eigenvalue weighted by Crippen LogP contribution is 2.32. The summed E-state index contributed by atoms with van der Waals surface area (Å²) < 4.78 is 56.0. The van der Waals surface area contributed by atoms with Gasteiger partial charge in [0, 0.05) is 17.3 Å². The Labute approximate surface area is 202 Å². The molecular weight excluding hydrogens is 480 g/mol. The van der Waals surface area contributed by atoms with Crippen molar-refractivity contribution in [2.24, 2.45) is 0 Å². The summed E-state index contributed by atoms with van der Waals surface area (Å²) in [5, 5.41) is 2.59. The first-order valence-corrected chi connectivity index (χ1v) is 12.3. The number of fused-ring (bicyclic) bond motifs is 1. The van der Waals surface area contributed by atoms with E-state index in [-0.39, 0.29) is 29.6 Å². The van der Waals surface area contributed by atoms with Crippen LogP contribution in [0.2, 0.25) is 0 Å². The molecule has 4 rings (SSSR count). The molecular formula is C23H26N2O9S. The lowest BCUT2D eigenvalue weighted by molar-refractivity contribution is 0.00883. The van der Waals surface area contributed by atoms with Gasteiger partial charge in [0.2, 0.25) is 10.0 Å². The van der Waals surface area contributed by atoms with Crippen molar-refractivity contribution in [2.75, 3.05) is 32.8 Å². The number of nitrogens with one attached hydrogen (secondary N) is 2. The van der Waals surface area contributed by atoms with Crippen LogP contribution in [0.4, 0.5) is 10.5 Å². The van der Waals surface area contributed by atoms with E-state index in [0.717, 1.165) is 0 Å². The van der Waals surface area contributed by atoms with Gasteiger partial charge >= 0.3 is 6.09 Å². The summed E-state index contributed by atoms with van der Waals surface area (Å²) in [6.45, 7) is 1.54. The number of sulfonamides is 1. The first-order valence-electron chi connectivity index (χ1n) is 10.8. The Morgan fingerprint density at radius 1 is 0.971 bits per heavy atom. The van der Waals surface area contributed by atoms with Crippen molar-refractivity contribution in [3.63, 3.8) is 0 Å². The maximum Gasteiger partial charge on any atom is 0.412 e. The molecule has 2 heterocycles. The Kier molecular flexibility index (Phi) is 7.26. The molecule has 0 aliphatic carbocycles. The SMILES string of the molecule is COc1ccc(OC)c(S(=O)(=O)N[C@H]2CO[C@H]3[C@@H]2OC[C@H]3OC(=O)Nc2ccc(C(C)=O)cc2)c1. The van der Waals surface area contributed by atoms with Gasteiger partial charge in [-0.2, -0.15) is 0 Å². The average molecular weight is 507 g/mol. The number of amides is 1. The first kappa shape index (κ1) is 24.9. The molecule has 2 aliphatic heterocycles. The molecule has 188 valence electrons. The molecule has 2 N–H and O–H groups in total. The highest BCUT2D eigenvalue weighted by Gasteiger charge is 2.50. The maximum atomic E-state index is 13.1. The van der Waals surface area contributed by atoms with Crippen LogP contribution in [0.15, 0.2) is 47.4 Å². The summed E-state index contributed by atoms with van der Waals surface area (Å²) in [7, 11) is -1.20. The van der Waals surface area contributed by atoms with E-state index >= 15 is 0 Å². The van der Waals surface area contributed by atoms with E-state index in [1.54, 1.807) is 30.3 Å². The summed E-state index contributed by atoms with van der Waals surface area (Å²) in [5.74, 6) is 0.441. The van der Waals surface area contributed by atoms with Crippen LogP contribution < -0.4 is 19.5 Å². The van der Waals surface area contributed by atoms with Crippen LogP contribution in [0.3, 0.4) is 0 Å². The van der Waals surface area contributed by atoms with Gasteiger partial charge in [0.15, 0.2) is 11.9 Å². The van der Waals surface area contributed by atoms with Crippen molar-refractivity contribution >= 4 is 27.6 Å². The van der Waals surface area contributed by atoms with E-state index in [4.69, 9.17) is 23.7 Å². The van der Waals surface area contributed by atoms with Crippen LogP contribution >= 0.6 is 0 Å². The van der Waals surface area contributed by atoms with Crippen LogP contribution in [-0.4, -0.2) is 72.1 Å². The quantitative estimate of drug-likeness (QED) is 0.515. The zero-order chi connectivity index (χ0) is 25.2. The Hall–Kier alpha value is -3.19. The van der Waals surface area contributed by atoms with E-state index in [0.29, 0.717) is 17.0 Å². The zero-order valence-corrected chi connectivity index (χ0v) is 20.2. The predicted octanol–water partition coefficient (Wildman–Crippen LogP) is 1.97. The highest BCUT2D eigenvalue weighted by molar-refractivity contribution is 7.89. The van der Waals surface area contributed by atoms with Crippen molar-refractivity contribution in [2.45, 2.75) is 36.2 Å². The summed E-state index contributed by atoms with van der Waals surface area (Å²) in [5.41, 5.74) is 0.982. The molecule has 0 bridgehead atoms. The second-order valence-electron chi connectivity index (χ2n) is 8.04. The van der Waals surface area contributed by atoms with E-state index in [9.17, 15) is 18.0 Å². The monoisotopic (exact) mass is 506 g/mol. The molecule has 0 radical (unpaired) electrons. The molecule has 0 saturated carbocycles. The molecule has 0 aromatic heterocycles. The zero-order valence-electron chi connectivity index (χ0n) is 19.3. The molecule has 35 heavy (non-hydrogen) atoms. The lowest BCUT2D eigenvalue weighted by atomic mass is 10.1. The molecule has 2 saturated heterocycles. The van der Waals surface area contributed by atoms with Crippen LogP contribution in [-0.2, 0) is 24.2 Å². The van der Waals surface area contributed by atoms with Crippen LogP contribution in [0.1, 0.15) is 17.3 Å². The van der Waals surface area contributed by atoms with E-state index in [1.807, 2.05) is 0 Å². The van der Waals surface area contributed by atoms with Crippen molar-refractivity contribution in [3.8, 4) is 11.5 Å². The number of hydrogen-bond acceptors (Lipinski definition) is 9. The third-order valence-electron chi connectivity index (χ3n) is 5.77. The number of ether oxygens (including phenoxy) is 5. The largest absolute Gasteiger partial charge is 0.497 e. The minimum atomic E-state index is -4.01. The predicted molar refractivity (Wildman–Crippen MR) is 123 cm³/mol. The first-order chi connectivity index (χ1) is 16.7. The van der Waals surface area contributed by atoms with Crippen LogP contribution in [0.5, 0.6) is 11.5 Å². The van der Waals surface area contributed by atoms with Crippen LogP contribution in [0, 0.1) is 0 Å². The normalized spacial score (nSPS) is 23.4. The van der Waals surface area contributed by atoms with Crippen LogP contribution in [0.25, 0.3) is 0 Å². The fourth-order valence-corrected chi connectivity index (χ4v) is 5.41. The number of carbonyl (C=O) groups is 2. The minimum absolute atomic E-state index is 0.0365. The number of anilines is 1. The average Bonchev–Trinajstić information content (AvgIpc) is 3.42. The molecule has 4 atom stereocenters. The summed E-state index contributed by atoms with van der Waals surface area (Å²) in [4.78, 5) is 23.6. The minimum Gasteiger partial charge on any atom is -0.497 e. The highest BCUT2D eigenvalue weighted by atomic mass is 32.2. The third-order valence-corrected chi connectivity index (χ3v) is 7.28. The Bertz CT molecular complexity index is 1200. The molecule has 12 heteroatoms. The van der Waals surface area contributed by atoms with E-state index < -0.39 is 40.5 Å². The topological polar surface area (TPSA) is 138 Å². The number of Topliss-reactive ketones (excluding diaryl/α,β-unsaturated/α-hetero) is 1.